The van der Waals surface area contributed by atoms with Crippen molar-refractivity contribution in [2.75, 3.05) is 6.61 Å². The molecular weight excluding hydrogens is 240 g/mol. The van der Waals surface area contributed by atoms with E-state index >= 15 is 0 Å². The maximum atomic E-state index is 12.6. The predicted molar refractivity (Wildman–Crippen MR) is 71.6 cm³/mol. The first-order chi connectivity index (χ1) is 9.18. The number of ether oxygens (including phenoxy) is 1. The number of hydrogen-bond acceptors (Lipinski definition) is 3. The molecule has 0 saturated heterocycles. The number of carbonyl (C=O) groups excluding carboxylic acids is 1. The fourth-order valence-electron chi connectivity index (χ4n) is 2.43. The summed E-state index contributed by atoms with van der Waals surface area (Å²) in [5.41, 5.74) is 3.29. The summed E-state index contributed by atoms with van der Waals surface area (Å²) in [6.07, 6.45) is 3.61. The van der Waals surface area contributed by atoms with Crippen LogP contribution in [0.2, 0.25) is 0 Å². The molecule has 0 N–H and O–H groups in total. The second kappa shape index (κ2) is 4.53. The second-order valence-electron chi connectivity index (χ2n) is 4.84. The summed E-state index contributed by atoms with van der Waals surface area (Å²) in [7, 11) is 1.84. The molecule has 1 aliphatic heterocycles. The minimum atomic E-state index is -0.00986. The summed E-state index contributed by atoms with van der Waals surface area (Å²) < 4.78 is 7.41. The van der Waals surface area contributed by atoms with Gasteiger partial charge in [0.2, 0.25) is 0 Å². The van der Waals surface area contributed by atoms with Gasteiger partial charge in [-0.3, -0.25) is 9.48 Å². The van der Waals surface area contributed by atoms with Gasteiger partial charge < -0.3 is 4.74 Å². The van der Waals surface area contributed by atoms with Crippen LogP contribution in [0.5, 0.6) is 5.75 Å². The first kappa shape index (κ1) is 12.0. The molecule has 1 aromatic heterocycles. The van der Waals surface area contributed by atoms with Crippen molar-refractivity contribution in [2.45, 2.75) is 19.8 Å². The Kier molecular flexibility index (Phi) is 2.85. The summed E-state index contributed by atoms with van der Waals surface area (Å²) in [4.78, 5) is 12.6. The van der Waals surface area contributed by atoms with Gasteiger partial charge >= 0.3 is 0 Å². The summed E-state index contributed by atoms with van der Waals surface area (Å²) in [6.45, 7) is 2.58. The number of carbonyl (C=O) groups is 1. The normalized spacial score (nSPS) is 13.8. The van der Waals surface area contributed by atoms with Crippen molar-refractivity contribution < 1.29 is 9.53 Å². The van der Waals surface area contributed by atoms with Crippen LogP contribution >= 0.6 is 0 Å². The highest BCUT2D eigenvalue weighted by molar-refractivity contribution is 6.11. The van der Waals surface area contributed by atoms with E-state index in [4.69, 9.17) is 4.74 Å². The van der Waals surface area contributed by atoms with Crippen LogP contribution in [-0.2, 0) is 13.5 Å². The predicted octanol–water partition coefficient (Wildman–Crippen LogP) is 2.28. The number of rotatable bonds is 2. The van der Waals surface area contributed by atoms with Crippen molar-refractivity contribution in [1.82, 2.24) is 9.78 Å². The number of benzene rings is 1. The molecule has 0 radical (unpaired) electrons. The topological polar surface area (TPSA) is 44.1 Å². The lowest BCUT2D eigenvalue weighted by atomic mass is 9.97. The number of hydrogen-bond donors (Lipinski definition) is 0. The fraction of sp³-hybridized carbons (Fsp3) is 0.333. The van der Waals surface area contributed by atoms with Gasteiger partial charge in [-0.2, -0.15) is 5.10 Å². The zero-order valence-corrected chi connectivity index (χ0v) is 11.1. The Morgan fingerprint density at radius 2 is 2.21 bits per heavy atom. The van der Waals surface area contributed by atoms with Crippen LogP contribution in [0.25, 0.3) is 0 Å². The lowest BCUT2D eigenvalue weighted by Crippen LogP contribution is -2.13. The molecule has 4 nitrogen and oxygen atoms in total. The van der Waals surface area contributed by atoms with Crippen LogP contribution in [0, 0.1) is 6.92 Å². The van der Waals surface area contributed by atoms with E-state index in [-0.39, 0.29) is 5.78 Å². The van der Waals surface area contributed by atoms with E-state index in [9.17, 15) is 4.79 Å². The number of nitrogens with zero attached hydrogens (tertiary/aromatic N) is 2. The van der Waals surface area contributed by atoms with Crippen LogP contribution < -0.4 is 4.74 Å². The molecule has 1 aliphatic rings. The summed E-state index contributed by atoms with van der Waals surface area (Å²) in [5, 5.41) is 4.13. The van der Waals surface area contributed by atoms with Gasteiger partial charge in [0.15, 0.2) is 5.78 Å². The van der Waals surface area contributed by atoms with Crippen molar-refractivity contribution in [3.63, 3.8) is 0 Å². The molecule has 0 unspecified atom stereocenters. The molecule has 0 amide bonds. The quantitative estimate of drug-likeness (QED) is 0.774. The number of aromatic nitrogens is 2. The standard InChI is InChI=1S/C15H16N2O2/c1-10-13(9-16-17(10)2)14(18)12-7-3-5-11-6-4-8-19-15(11)12/h3,5,7,9H,4,6,8H2,1-2H3. The molecule has 0 saturated carbocycles. The van der Waals surface area contributed by atoms with Crippen molar-refractivity contribution >= 4 is 5.78 Å². The number of fused-ring (bicyclic) bond motifs is 1. The summed E-state index contributed by atoms with van der Waals surface area (Å²) in [5.74, 6) is 0.742. The van der Waals surface area contributed by atoms with Gasteiger partial charge in [-0.1, -0.05) is 12.1 Å². The Balaban J connectivity index is 2.07. The monoisotopic (exact) mass is 256 g/mol. The van der Waals surface area contributed by atoms with E-state index in [1.807, 2.05) is 32.2 Å². The molecule has 0 atom stereocenters. The van der Waals surface area contributed by atoms with Crippen LogP contribution in [0.3, 0.4) is 0 Å². The second-order valence-corrected chi connectivity index (χ2v) is 4.84. The highest BCUT2D eigenvalue weighted by Crippen LogP contribution is 2.30. The zero-order chi connectivity index (χ0) is 13.4. The Hall–Kier alpha value is -2.10. The lowest BCUT2D eigenvalue weighted by Gasteiger charge is -2.19. The summed E-state index contributed by atoms with van der Waals surface area (Å²) >= 11 is 0. The van der Waals surface area contributed by atoms with Gasteiger partial charge in [-0.15, -0.1) is 0 Å². The third-order valence-corrected chi connectivity index (χ3v) is 3.66. The highest BCUT2D eigenvalue weighted by Gasteiger charge is 2.22. The maximum absolute atomic E-state index is 12.6. The molecule has 3 rings (SSSR count). The van der Waals surface area contributed by atoms with E-state index in [0.29, 0.717) is 17.7 Å². The van der Waals surface area contributed by atoms with E-state index in [1.54, 1.807) is 10.9 Å². The molecule has 2 aromatic rings. The van der Waals surface area contributed by atoms with Crippen molar-refractivity contribution in [3.8, 4) is 5.75 Å². The third-order valence-electron chi connectivity index (χ3n) is 3.66. The SMILES string of the molecule is Cc1c(C(=O)c2cccc3c2OCCC3)cnn1C. The van der Waals surface area contributed by atoms with E-state index in [0.717, 1.165) is 29.8 Å². The number of para-hydroxylation sites is 1. The lowest BCUT2D eigenvalue weighted by molar-refractivity contribution is 0.103. The minimum Gasteiger partial charge on any atom is -0.493 e. The highest BCUT2D eigenvalue weighted by atomic mass is 16.5. The fourth-order valence-corrected chi connectivity index (χ4v) is 2.43. The van der Waals surface area contributed by atoms with Crippen LogP contribution in [-0.4, -0.2) is 22.2 Å². The molecular formula is C15H16N2O2. The third kappa shape index (κ3) is 1.93. The Morgan fingerprint density at radius 3 is 2.95 bits per heavy atom. The molecule has 0 spiro atoms. The van der Waals surface area contributed by atoms with Gasteiger partial charge in [0.25, 0.3) is 0 Å². The van der Waals surface area contributed by atoms with Gasteiger partial charge in [-0.25, -0.2) is 0 Å². The number of aryl methyl sites for hydroxylation is 2. The molecule has 4 heteroatoms. The molecule has 1 aromatic carbocycles. The smallest absolute Gasteiger partial charge is 0.200 e. The molecule has 0 aliphatic carbocycles. The molecule has 19 heavy (non-hydrogen) atoms. The van der Waals surface area contributed by atoms with Crippen molar-refractivity contribution in [3.05, 3.63) is 46.8 Å². The molecule has 2 heterocycles. The zero-order valence-electron chi connectivity index (χ0n) is 11.1. The largest absolute Gasteiger partial charge is 0.493 e. The van der Waals surface area contributed by atoms with Gasteiger partial charge in [0.1, 0.15) is 5.75 Å². The average molecular weight is 256 g/mol. The van der Waals surface area contributed by atoms with Crippen LogP contribution in [0.15, 0.2) is 24.4 Å². The van der Waals surface area contributed by atoms with E-state index in [2.05, 4.69) is 5.10 Å². The van der Waals surface area contributed by atoms with Crippen LogP contribution in [0.1, 0.15) is 33.6 Å². The average Bonchev–Trinajstić information content (AvgIpc) is 2.78. The van der Waals surface area contributed by atoms with Gasteiger partial charge in [-0.05, 0) is 31.4 Å². The molecule has 98 valence electrons. The maximum Gasteiger partial charge on any atom is 0.200 e. The molecule has 0 fully saturated rings. The van der Waals surface area contributed by atoms with Gasteiger partial charge in [0.05, 0.1) is 23.9 Å². The first-order valence-corrected chi connectivity index (χ1v) is 6.46. The Morgan fingerprint density at radius 1 is 1.37 bits per heavy atom. The number of ketones is 1. The van der Waals surface area contributed by atoms with E-state index < -0.39 is 0 Å². The van der Waals surface area contributed by atoms with Gasteiger partial charge in [0, 0.05) is 12.7 Å². The Labute approximate surface area is 112 Å². The van der Waals surface area contributed by atoms with Crippen LogP contribution in [0.4, 0.5) is 0 Å². The van der Waals surface area contributed by atoms with Crippen molar-refractivity contribution in [2.24, 2.45) is 7.05 Å². The Bertz CT molecular complexity index is 644. The first-order valence-electron chi connectivity index (χ1n) is 6.46. The minimum absolute atomic E-state index is 0.00986. The van der Waals surface area contributed by atoms with E-state index in [1.165, 1.54) is 0 Å². The molecule has 0 bridgehead atoms. The van der Waals surface area contributed by atoms with Crippen molar-refractivity contribution in [1.29, 1.82) is 0 Å². The summed E-state index contributed by atoms with van der Waals surface area (Å²) in [6, 6.07) is 5.78.